The van der Waals surface area contributed by atoms with Crippen molar-refractivity contribution in [3.63, 3.8) is 0 Å². The Labute approximate surface area is 214 Å². The fourth-order valence-corrected chi connectivity index (χ4v) is 5.78. The molecular weight excluding hydrogens is 513 g/mol. The van der Waals surface area contributed by atoms with Gasteiger partial charge in [0.2, 0.25) is 0 Å². The van der Waals surface area contributed by atoms with E-state index in [1.807, 2.05) is 6.92 Å². The second-order valence-corrected chi connectivity index (χ2v) is 10.6. The Hall–Kier alpha value is -2.55. The lowest BCUT2D eigenvalue weighted by Crippen LogP contribution is -2.55. The van der Waals surface area contributed by atoms with Gasteiger partial charge in [-0.15, -0.1) is 16.9 Å². The van der Waals surface area contributed by atoms with Crippen molar-refractivity contribution in [1.29, 1.82) is 0 Å². The highest BCUT2D eigenvalue weighted by Crippen LogP contribution is 2.46. The van der Waals surface area contributed by atoms with Gasteiger partial charge in [-0.25, -0.2) is 17.9 Å². The van der Waals surface area contributed by atoms with E-state index in [0.29, 0.717) is 5.56 Å². The SMILES string of the molecule is Cc1ccncc1C(S[C@@H]1O[C@H](CO)[C@H](O)[C@H](n2cc(-c3cc(F)c(F)c(F)c3)nn2)[C@H]1O)C(C)(C)O. The highest BCUT2D eigenvalue weighted by atomic mass is 32.2. The molecule has 9 nitrogen and oxygen atoms in total. The fourth-order valence-electron chi connectivity index (χ4n) is 4.26. The molecule has 1 fully saturated rings. The van der Waals surface area contributed by atoms with Gasteiger partial charge in [0.15, 0.2) is 17.5 Å². The summed E-state index contributed by atoms with van der Waals surface area (Å²) in [6.07, 6.45) is 0.488. The van der Waals surface area contributed by atoms with Gasteiger partial charge in [0.05, 0.1) is 23.7 Å². The van der Waals surface area contributed by atoms with Crippen LogP contribution < -0.4 is 0 Å². The Morgan fingerprint density at radius 3 is 2.43 bits per heavy atom. The third kappa shape index (κ3) is 5.52. The summed E-state index contributed by atoms with van der Waals surface area (Å²) >= 11 is 1.09. The molecular formula is C24H27F3N4O5S. The molecule has 13 heteroatoms. The molecule has 0 aliphatic carbocycles. The molecule has 3 aromatic rings. The molecule has 2 aromatic heterocycles. The average molecular weight is 541 g/mol. The van der Waals surface area contributed by atoms with Crippen LogP contribution in [-0.4, -0.2) is 76.4 Å². The molecule has 4 rings (SSSR count). The minimum Gasteiger partial charge on any atom is -0.394 e. The molecule has 37 heavy (non-hydrogen) atoms. The molecule has 1 aliphatic heterocycles. The number of ether oxygens (including phenoxy) is 1. The zero-order valence-electron chi connectivity index (χ0n) is 20.2. The van der Waals surface area contributed by atoms with E-state index in [4.69, 9.17) is 4.74 Å². The van der Waals surface area contributed by atoms with E-state index in [1.165, 1.54) is 6.20 Å². The number of thioether (sulfide) groups is 1. The van der Waals surface area contributed by atoms with Gasteiger partial charge in [-0.2, -0.15) is 0 Å². The van der Waals surface area contributed by atoms with Crippen LogP contribution in [0.2, 0.25) is 0 Å². The van der Waals surface area contributed by atoms with E-state index in [0.717, 1.165) is 34.1 Å². The number of aliphatic hydroxyl groups is 4. The van der Waals surface area contributed by atoms with Crippen molar-refractivity contribution < 1.29 is 38.3 Å². The van der Waals surface area contributed by atoms with Gasteiger partial charge in [-0.1, -0.05) is 5.21 Å². The minimum absolute atomic E-state index is 0.0335. The first-order valence-corrected chi connectivity index (χ1v) is 12.3. The summed E-state index contributed by atoms with van der Waals surface area (Å²) in [5.74, 6) is -4.44. The maximum Gasteiger partial charge on any atom is 0.194 e. The maximum absolute atomic E-state index is 13.7. The highest BCUT2D eigenvalue weighted by molar-refractivity contribution is 8.00. The molecule has 1 aromatic carbocycles. The van der Waals surface area contributed by atoms with Crippen LogP contribution in [0.4, 0.5) is 13.2 Å². The van der Waals surface area contributed by atoms with Gasteiger partial charge in [0, 0.05) is 18.0 Å². The molecule has 200 valence electrons. The minimum atomic E-state index is -1.62. The Kier molecular flexibility index (Phi) is 7.93. The summed E-state index contributed by atoms with van der Waals surface area (Å²) in [7, 11) is 0. The standard InChI is InChI=1S/C24H27F3N4O5S/c1-11-4-5-28-8-13(11)22(24(2,3)35)37-23-21(34)19(20(33)17(10-32)36-23)31-9-16(29-30-31)12-6-14(25)18(27)15(26)7-12/h4-9,17,19-23,32-35H,10H2,1-3H3/t17-,19+,20+,21-,22?,23+/m1/s1. The summed E-state index contributed by atoms with van der Waals surface area (Å²) in [5.41, 5.74) is -0.891. The Bertz CT molecular complexity index is 1230. The van der Waals surface area contributed by atoms with Crippen LogP contribution in [-0.2, 0) is 4.74 Å². The number of benzene rings is 1. The van der Waals surface area contributed by atoms with Crippen molar-refractivity contribution in [2.45, 2.75) is 61.4 Å². The van der Waals surface area contributed by atoms with Crippen molar-refractivity contribution in [3.05, 3.63) is 65.4 Å². The number of rotatable bonds is 7. The van der Waals surface area contributed by atoms with Crippen molar-refractivity contribution in [1.82, 2.24) is 20.0 Å². The van der Waals surface area contributed by atoms with Crippen molar-refractivity contribution >= 4 is 11.8 Å². The Morgan fingerprint density at radius 2 is 1.84 bits per heavy atom. The zero-order chi connectivity index (χ0) is 27.1. The lowest BCUT2D eigenvalue weighted by atomic mass is 9.96. The molecule has 0 bridgehead atoms. The van der Waals surface area contributed by atoms with Crippen LogP contribution in [0.15, 0.2) is 36.8 Å². The summed E-state index contributed by atoms with van der Waals surface area (Å²) in [5, 5.41) is 50.0. The predicted octanol–water partition coefficient (Wildman–Crippen LogP) is 2.29. The first kappa shape index (κ1) is 27.5. The number of aromatic nitrogens is 4. The van der Waals surface area contributed by atoms with Gasteiger partial charge in [0.25, 0.3) is 0 Å². The summed E-state index contributed by atoms with van der Waals surface area (Å²) < 4.78 is 47.7. The van der Waals surface area contributed by atoms with Crippen molar-refractivity contribution in [3.8, 4) is 11.3 Å². The van der Waals surface area contributed by atoms with Crippen molar-refractivity contribution in [2.75, 3.05) is 6.61 Å². The van der Waals surface area contributed by atoms with Crippen LogP contribution in [0.1, 0.15) is 36.3 Å². The molecule has 4 N–H and O–H groups in total. The molecule has 1 saturated heterocycles. The molecule has 0 radical (unpaired) electrons. The second-order valence-electron chi connectivity index (χ2n) is 9.44. The number of halogens is 3. The largest absolute Gasteiger partial charge is 0.394 e. The molecule has 0 saturated carbocycles. The maximum atomic E-state index is 13.7. The monoisotopic (exact) mass is 540 g/mol. The van der Waals surface area contributed by atoms with Crippen LogP contribution in [0.3, 0.4) is 0 Å². The molecule has 0 amide bonds. The summed E-state index contributed by atoms with van der Waals surface area (Å²) in [4.78, 5) is 4.14. The van der Waals surface area contributed by atoms with Crippen LogP contribution >= 0.6 is 11.8 Å². The average Bonchev–Trinajstić information content (AvgIpc) is 3.31. The molecule has 6 atom stereocenters. The van der Waals surface area contributed by atoms with E-state index in [1.54, 1.807) is 32.3 Å². The summed E-state index contributed by atoms with van der Waals surface area (Å²) in [6.45, 7) is 4.48. The van der Waals surface area contributed by atoms with Gasteiger partial charge >= 0.3 is 0 Å². The number of nitrogens with zero attached hydrogens (tertiary/aromatic N) is 4. The lowest BCUT2D eigenvalue weighted by molar-refractivity contribution is -0.179. The number of pyridine rings is 1. The normalized spacial score (nSPS) is 25.3. The molecule has 3 heterocycles. The fraction of sp³-hybridized carbons (Fsp3) is 0.458. The smallest absolute Gasteiger partial charge is 0.194 e. The third-order valence-electron chi connectivity index (χ3n) is 6.22. The van der Waals surface area contributed by atoms with Crippen molar-refractivity contribution in [2.24, 2.45) is 0 Å². The first-order chi connectivity index (χ1) is 17.4. The quantitative estimate of drug-likeness (QED) is 0.333. The summed E-state index contributed by atoms with van der Waals surface area (Å²) in [6, 6.07) is 2.11. The Balaban J connectivity index is 1.67. The number of hydrogen-bond acceptors (Lipinski definition) is 9. The van der Waals surface area contributed by atoms with E-state index in [-0.39, 0.29) is 11.3 Å². The van der Waals surface area contributed by atoms with Gasteiger partial charge in [0.1, 0.15) is 35.5 Å². The van der Waals surface area contributed by atoms with Crippen LogP contribution in [0.5, 0.6) is 0 Å². The number of aliphatic hydroxyl groups excluding tert-OH is 3. The Morgan fingerprint density at radius 1 is 1.16 bits per heavy atom. The van der Waals surface area contributed by atoms with Crippen LogP contribution in [0, 0.1) is 24.4 Å². The lowest BCUT2D eigenvalue weighted by Gasteiger charge is -2.44. The molecule has 0 spiro atoms. The predicted molar refractivity (Wildman–Crippen MR) is 128 cm³/mol. The molecule has 1 unspecified atom stereocenters. The van der Waals surface area contributed by atoms with E-state index < -0.39 is 64.7 Å². The number of hydrogen-bond donors (Lipinski definition) is 4. The van der Waals surface area contributed by atoms with Gasteiger partial charge < -0.3 is 25.2 Å². The second kappa shape index (κ2) is 10.7. The topological polar surface area (TPSA) is 134 Å². The van der Waals surface area contributed by atoms with Gasteiger partial charge in [-0.05, 0) is 50.1 Å². The van der Waals surface area contributed by atoms with E-state index in [9.17, 15) is 33.6 Å². The first-order valence-electron chi connectivity index (χ1n) is 11.4. The molecule has 1 aliphatic rings. The van der Waals surface area contributed by atoms with E-state index >= 15 is 0 Å². The third-order valence-corrected chi connectivity index (χ3v) is 7.98. The highest BCUT2D eigenvalue weighted by Gasteiger charge is 2.48. The van der Waals surface area contributed by atoms with Crippen LogP contribution in [0.25, 0.3) is 11.3 Å². The van der Waals surface area contributed by atoms with Gasteiger partial charge in [-0.3, -0.25) is 4.98 Å². The van der Waals surface area contributed by atoms with E-state index in [2.05, 4.69) is 15.3 Å². The zero-order valence-corrected chi connectivity index (χ0v) is 21.0. The number of aryl methyl sites for hydroxylation is 1.